The van der Waals surface area contributed by atoms with Crippen molar-refractivity contribution in [3.05, 3.63) is 12.2 Å². The molecular weight excluding hydrogens is 109 g/mol. The van der Waals surface area contributed by atoms with Crippen LogP contribution in [0.3, 0.4) is 0 Å². The van der Waals surface area contributed by atoms with E-state index in [4.69, 9.17) is 0 Å². The minimum Gasteiger partial charge on any atom is -0.225 e. The molecule has 4 heteroatoms. The Morgan fingerprint density at radius 2 is 2.62 bits per heavy atom. The smallest absolute Gasteiger partial charge is 0.221 e. The van der Waals surface area contributed by atoms with Crippen molar-refractivity contribution in [2.45, 2.75) is 13.7 Å². The van der Waals surface area contributed by atoms with Crippen LogP contribution >= 0.6 is 0 Å². The summed E-state index contributed by atoms with van der Waals surface area (Å²) in [5.41, 5.74) is 0. The first kappa shape index (κ1) is 5.21. The van der Waals surface area contributed by atoms with E-state index in [1.54, 1.807) is 6.92 Å². The summed E-state index contributed by atoms with van der Waals surface area (Å²) >= 11 is 0. The van der Waals surface area contributed by atoms with Gasteiger partial charge >= 0.3 is 0 Å². The predicted molar refractivity (Wildman–Crippen MR) is 24.7 cm³/mol. The van der Waals surface area contributed by atoms with E-state index in [2.05, 4.69) is 16.4 Å². The number of hydrogen-bond donors (Lipinski definition) is 0. The topological polar surface area (TPSA) is 30.7 Å². The van der Waals surface area contributed by atoms with E-state index in [-0.39, 0.29) is 0 Å². The molecule has 0 unspecified atom stereocenters. The minimum absolute atomic E-state index is 0.549. The maximum Gasteiger partial charge on any atom is 0.221 e. The molecule has 0 aliphatic heterocycles. The molecule has 1 radical (unpaired) electrons. The molecule has 0 aliphatic carbocycles. The maximum atomic E-state index is 11.7. The summed E-state index contributed by atoms with van der Waals surface area (Å²) in [4.78, 5) is 3.57. The summed E-state index contributed by atoms with van der Waals surface area (Å²) < 4.78 is 12.8. The Morgan fingerprint density at radius 1 is 1.88 bits per heavy atom. The number of alkyl halides is 1. The molecule has 3 nitrogen and oxygen atoms in total. The lowest BCUT2D eigenvalue weighted by molar-refractivity contribution is 0.343. The van der Waals surface area contributed by atoms with Crippen LogP contribution in [0.5, 0.6) is 0 Å². The zero-order valence-electron chi connectivity index (χ0n) is 4.43. The van der Waals surface area contributed by atoms with Gasteiger partial charge in [0.15, 0.2) is 6.80 Å². The largest absolute Gasteiger partial charge is 0.225 e. The lowest BCUT2D eigenvalue weighted by Crippen LogP contribution is -1.97. The minimum atomic E-state index is -0.623. The van der Waals surface area contributed by atoms with E-state index in [1.807, 2.05) is 0 Å². The first-order chi connectivity index (χ1) is 3.84. The van der Waals surface area contributed by atoms with E-state index in [1.165, 1.54) is 0 Å². The number of rotatable bonds is 1. The van der Waals surface area contributed by atoms with E-state index in [0.717, 1.165) is 4.68 Å². The third-order valence-corrected chi connectivity index (χ3v) is 0.864. The molecule has 0 amide bonds. The highest BCUT2D eigenvalue weighted by molar-refractivity contribution is 4.75. The fourth-order valence-corrected chi connectivity index (χ4v) is 0.392. The molecule has 8 heavy (non-hydrogen) atoms. The molecular formula is C4H5FN3. The highest BCUT2D eigenvalue weighted by atomic mass is 19.1. The average Bonchev–Trinajstić information content (AvgIpc) is 2.14. The van der Waals surface area contributed by atoms with Crippen LogP contribution in [0.2, 0.25) is 0 Å². The lowest BCUT2D eigenvalue weighted by Gasteiger charge is -1.89. The lowest BCUT2D eigenvalue weighted by atomic mass is 10.7. The summed E-state index contributed by atoms with van der Waals surface area (Å²) in [5, 5.41) is 3.44. The van der Waals surface area contributed by atoms with Gasteiger partial charge in [-0.15, -0.1) is 5.10 Å². The summed E-state index contributed by atoms with van der Waals surface area (Å²) in [5.74, 6) is 0.549. The van der Waals surface area contributed by atoms with Gasteiger partial charge in [0, 0.05) is 0 Å². The zero-order valence-corrected chi connectivity index (χ0v) is 4.43. The number of halogens is 1. The quantitative estimate of drug-likeness (QED) is 0.526. The summed E-state index contributed by atoms with van der Waals surface area (Å²) in [7, 11) is 0. The van der Waals surface area contributed by atoms with Crippen LogP contribution in [-0.4, -0.2) is 14.8 Å². The second-order valence-corrected chi connectivity index (χ2v) is 1.38. The number of hydrogen-bond acceptors (Lipinski definition) is 2. The molecule has 0 atom stereocenters. The van der Waals surface area contributed by atoms with Crippen molar-refractivity contribution in [2.24, 2.45) is 0 Å². The molecule has 0 saturated carbocycles. The molecule has 0 bridgehead atoms. The Bertz CT molecular complexity index is 172. The van der Waals surface area contributed by atoms with Crippen LogP contribution in [0, 0.1) is 13.3 Å². The van der Waals surface area contributed by atoms with Crippen LogP contribution in [0.4, 0.5) is 4.39 Å². The van der Waals surface area contributed by atoms with Crippen molar-refractivity contribution in [3.8, 4) is 0 Å². The van der Waals surface area contributed by atoms with E-state index in [9.17, 15) is 4.39 Å². The first-order valence-electron chi connectivity index (χ1n) is 2.18. The fourth-order valence-electron chi connectivity index (χ4n) is 0.392. The SMILES string of the molecule is Cc1n[c]nn1CF. The Kier molecular flexibility index (Phi) is 1.24. The standard InChI is InChI=1S/C4H5FN3/c1-4-6-3-7-8(4)2-5/h2H2,1H3. The van der Waals surface area contributed by atoms with Gasteiger partial charge in [-0.1, -0.05) is 0 Å². The van der Waals surface area contributed by atoms with Crippen LogP contribution in [0.1, 0.15) is 5.82 Å². The summed E-state index contributed by atoms with van der Waals surface area (Å²) in [6.07, 6.45) is 2.27. The van der Waals surface area contributed by atoms with E-state index >= 15 is 0 Å². The molecule has 0 aromatic carbocycles. The normalized spacial score (nSPS) is 9.75. The van der Waals surface area contributed by atoms with Gasteiger partial charge < -0.3 is 0 Å². The van der Waals surface area contributed by atoms with Gasteiger partial charge in [-0.3, -0.25) is 0 Å². The zero-order chi connectivity index (χ0) is 5.98. The fraction of sp³-hybridized carbons (Fsp3) is 0.500. The second-order valence-electron chi connectivity index (χ2n) is 1.38. The molecule has 1 aromatic rings. The molecule has 0 fully saturated rings. The van der Waals surface area contributed by atoms with Crippen molar-refractivity contribution in [3.63, 3.8) is 0 Å². The highest BCUT2D eigenvalue weighted by Gasteiger charge is 1.93. The van der Waals surface area contributed by atoms with Crippen LogP contribution < -0.4 is 0 Å². The summed E-state index contributed by atoms with van der Waals surface area (Å²) in [6, 6.07) is 0. The Balaban J connectivity index is 2.92. The number of aryl methyl sites for hydroxylation is 1. The van der Waals surface area contributed by atoms with Crippen molar-refractivity contribution >= 4 is 0 Å². The van der Waals surface area contributed by atoms with Crippen LogP contribution in [-0.2, 0) is 6.80 Å². The van der Waals surface area contributed by atoms with Crippen LogP contribution in [0.25, 0.3) is 0 Å². The molecule has 0 spiro atoms. The van der Waals surface area contributed by atoms with Gasteiger partial charge in [0.05, 0.1) is 0 Å². The van der Waals surface area contributed by atoms with E-state index in [0.29, 0.717) is 5.82 Å². The predicted octanol–water partition coefficient (Wildman–Crippen LogP) is 0.314. The van der Waals surface area contributed by atoms with Gasteiger partial charge in [0.25, 0.3) is 0 Å². The molecule has 1 aromatic heterocycles. The molecule has 1 rings (SSSR count). The second kappa shape index (κ2) is 1.90. The van der Waals surface area contributed by atoms with Gasteiger partial charge in [-0.05, 0) is 6.92 Å². The average molecular weight is 114 g/mol. The molecule has 0 N–H and O–H groups in total. The monoisotopic (exact) mass is 114 g/mol. The third kappa shape index (κ3) is 0.685. The Labute approximate surface area is 46.2 Å². The number of nitrogens with zero attached hydrogens (tertiary/aromatic N) is 3. The van der Waals surface area contributed by atoms with Crippen molar-refractivity contribution < 1.29 is 4.39 Å². The maximum absolute atomic E-state index is 11.7. The highest BCUT2D eigenvalue weighted by Crippen LogP contribution is 1.88. The van der Waals surface area contributed by atoms with Crippen molar-refractivity contribution in [1.82, 2.24) is 14.8 Å². The van der Waals surface area contributed by atoms with Gasteiger partial charge in [0.1, 0.15) is 5.82 Å². The first-order valence-corrected chi connectivity index (χ1v) is 2.18. The molecule has 1 heterocycles. The number of aromatic nitrogens is 3. The Hall–Kier alpha value is -0.930. The molecule has 0 saturated heterocycles. The third-order valence-electron chi connectivity index (χ3n) is 0.864. The van der Waals surface area contributed by atoms with E-state index < -0.39 is 6.80 Å². The van der Waals surface area contributed by atoms with Gasteiger partial charge in [0.2, 0.25) is 6.33 Å². The van der Waals surface area contributed by atoms with Gasteiger partial charge in [-0.25, -0.2) is 14.1 Å². The Morgan fingerprint density at radius 3 is 2.88 bits per heavy atom. The summed E-state index contributed by atoms with van der Waals surface area (Å²) in [6.45, 7) is 1.05. The van der Waals surface area contributed by atoms with Crippen molar-refractivity contribution in [2.75, 3.05) is 0 Å². The molecule has 43 valence electrons. The van der Waals surface area contributed by atoms with Crippen LogP contribution in [0.15, 0.2) is 0 Å². The van der Waals surface area contributed by atoms with Gasteiger partial charge in [-0.2, -0.15) is 0 Å². The molecule has 0 aliphatic rings. The van der Waals surface area contributed by atoms with Crippen molar-refractivity contribution in [1.29, 1.82) is 0 Å².